The summed E-state index contributed by atoms with van der Waals surface area (Å²) in [5.74, 6) is 1.19. The maximum atomic E-state index is 11.6. The molecule has 2 unspecified atom stereocenters. The molecule has 138 valence electrons. The average molecular weight is 365 g/mol. The van der Waals surface area contributed by atoms with Crippen molar-refractivity contribution in [2.24, 2.45) is 4.99 Å². The van der Waals surface area contributed by atoms with Gasteiger partial charge in [-0.05, 0) is 38.3 Å². The maximum absolute atomic E-state index is 11.6. The summed E-state index contributed by atoms with van der Waals surface area (Å²) in [6.45, 7) is 6.55. The Labute approximate surface area is 150 Å². The van der Waals surface area contributed by atoms with Crippen LogP contribution in [0.3, 0.4) is 0 Å². The number of sulfone groups is 1. The number of fused-ring (bicyclic) bond motifs is 1. The minimum absolute atomic E-state index is 0.0331. The molecule has 0 saturated carbocycles. The molecule has 6 nitrogen and oxygen atoms in total. The molecule has 2 aliphatic rings. The van der Waals surface area contributed by atoms with E-state index < -0.39 is 9.84 Å². The van der Waals surface area contributed by atoms with Crippen molar-refractivity contribution in [2.45, 2.75) is 38.8 Å². The minimum Gasteiger partial charge on any atom is -0.366 e. The second-order valence-electron chi connectivity index (χ2n) is 6.88. The van der Waals surface area contributed by atoms with Gasteiger partial charge in [-0.2, -0.15) is 0 Å². The van der Waals surface area contributed by atoms with Crippen molar-refractivity contribution in [1.29, 1.82) is 0 Å². The molecule has 0 spiro atoms. The highest BCUT2D eigenvalue weighted by molar-refractivity contribution is 7.91. The van der Waals surface area contributed by atoms with Crippen molar-refractivity contribution in [3.63, 3.8) is 0 Å². The average Bonchev–Trinajstić information content (AvgIpc) is 3.06. The smallest absolute Gasteiger partial charge is 0.191 e. The maximum Gasteiger partial charge on any atom is 0.191 e. The van der Waals surface area contributed by atoms with Gasteiger partial charge in [0.25, 0.3) is 0 Å². The lowest BCUT2D eigenvalue weighted by Crippen LogP contribution is -2.44. The van der Waals surface area contributed by atoms with E-state index in [0.29, 0.717) is 25.0 Å². The van der Waals surface area contributed by atoms with Gasteiger partial charge in [-0.25, -0.2) is 8.42 Å². The van der Waals surface area contributed by atoms with Crippen LogP contribution in [0.25, 0.3) is 0 Å². The van der Waals surface area contributed by atoms with Crippen LogP contribution in [0.4, 0.5) is 5.69 Å². The third-order valence-electron chi connectivity index (χ3n) is 4.88. The molecule has 25 heavy (non-hydrogen) atoms. The van der Waals surface area contributed by atoms with E-state index in [1.165, 1.54) is 11.3 Å². The second-order valence-corrected chi connectivity index (χ2v) is 9.11. The van der Waals surface area contributed by atoms with Gasteiger partial charge in [-0.15, -0.1) is 0 Å². The molecule has 0 aromatic heterocycles. The number of rotatable bonds is 5. The van der Waals surface area contributed by atoms with Gasteiger partial charge in [0.2, 0.25) is 0 Å². The van der Waals surface area contributed by atoms with Crippen LogP contribution < -0.4 is 15.5 Å². The molecule has 3 rings (SSSR count). The zero-order chi connectivity index (χ0) is 17.9. The first kappa shape index (κ1) is 18.0. The van der Waals surface area contributed by atoms with Crippen LogP contribution in [0, 0.1) is 0 Å². The van der Waals surface area contributed by atoms with E-state index in [2.05, 4.69) is 51.7 Å². The third-order valence-corrected chi connectivity index (χ3v) is 6.64. The molecule has 0 aliphatic carbocycles. The monoisotopic (exact) mass is 364 g/mol. The number of para-hydroxylation sites is 1. The van der Waals surface area contributed by atoms with Gasteiger partial charge < -0.3 is 15.5 Å². The molecular weight excluding hydrogens is 336 g/mol. The summed E-state index contributed by atoms with van der Waals surface area (Å²) in [6, 6.07) is 9.00. The molecule has 0 amide bonds. The highest BCUT2D eigenvalue weighted by atomic mass is 32.2. The summed E-state index contributed by atoms with van der Waals surface area (Å²) in [4.78, 5) is 7.06. The fraction of sp³-hybridized carbons (Fsp3) is 0.611. The molecule has 0 bridgehead atoms. The van der Waals surface area contributed by atoms with Crippen molar-refractivity contribution >= 4 is 21.5 Å². The number of benzene rings is 1. The van der Waals surface area contributed by atoms with Gasteiger partial charge in [-0.3, -0.25) is 4.99 Å². The highest BCUT2D eigenvalue weighted by Gasteiger charge is 2.28. The highest BCUT2D eigenvalue weighted by Crippen LogP contribution is 2.31. The molecule has 1 fully saturated rings. The van der Waals surface area contributed by atoms with Crippen molar-refractivity contribution in [3.8, 4) is 0 Å². The predicted octanol–water partition coefficient (Wildman–Crippen LogP) is 1.18. The van der Waals surface area contributed by atoms with E-state index in [4.69, 9.17) is 0 Å². The van der Waals surface area contributed by atoms with Crippen molar-refractivity contribution < 1.29 is 8.42 Å². The number of aliphatic imine (C=N–C) groups is 1. The van der Waals surface area contributed by atoms with Gasteiger partial charge in [0.15, 0.2) is 15.8 Å². The number of hydrogen-bond acceptors (Lipinski definition) is 4. The zero-order valence-corrected chi connectivity index (χ0v) is 15.8. The van der Waals surface area contributed by atoms with Crippen LogP contribution in [-0.4, -0.2) is 57.6 Å². The molecule has 2 aliphatic heterocycles. The Morgan fingerprint density at radius 2 is 2.16 bits per heavy atom. The first-order valence-corrected chi connectivity index (χ1v) is 10.9. The fourth-order valence-electron chi connectivity index (χ4n) is 3.66. The Hall–Kier alpha value is -1.76. The quantitative estimate of drug-likeness (QED) is 0.606. The van der Waals surface area contributed by atoms with Crippen molar-refractivity contribution in [1.82, 2.24) is 10.6 Å². The van der Waals surface area contributed by atoms with Crippen molar-refractivity contribution in [2.75, 3.05) is 36.0 Å². The summed E-state index contributed by atoms with van der Waals surface area (Å²) in [5, 5.41) is 6.49. The van der Waals surface area contributed by atoms with Crippen LogP contribution >= 0.6 is 0 Å². The molecule has 0 radical (unpaired) electrons. The van der Waals surface area contributed by atoms with E-state index in [-0.39, 0.29) is 17.5 Å². The van der Waals surface area contributed by atoms with E-state index >= 15 is 0 Å². The number of nitrogens with zero attached hydrogens (tertiary/aromatic N) is 2. The number of anilines is 1. The van der Waals surface area contributed by atoms with Crippen LogP contribution in [-0.2, 0) is 16.3 Å². The summed E-state index contributed by atoms with van der Waals surface area (Å²) in [6.07, 6.45) is 1.74. The van der Waals surface area contributed by atoms with Crippen LogP contribution in [0.1, 0.15) is 25.8 Å². The lowest BCUT2D eigenvalue weighted by atomic mass is 10.1. The number of guanidine groups is 1. The Morgan fingerprint density at radius 1 is 1.36 bits per heavy atom. The summed E-state index contributed by atoms with van der Waals surface area (Å²) in [5.41, 5.74) is 2.71. The molecular formula is C18H28N4O2S. The largest absolute Gasteiger partial charge is 0.366 e. The predicted molar refractivity (Wildman–Crippen MR) is 103 cm³/mol. The summed E-state index contributed by atoms with van der Waals surface area (Å²) in [7, 11) is -2.88. The normalized spacial score (nSPS) is 25.0. The molecule has 1 aromatic rings. The van der Waals surface area contributed by atoms with Crippen molar-refractivity contribution in [3.05, 3.63) is 29.8 Å². The molecule has 2 N–H and O–H groups in total. The van der Waals surface area contributed by atoms with Gasteiger partial charge in [-0.1, -0.05) is 18.2 Å². The fourth-order valence-corrected chi connectivity index (χ4v) is 5.34. The molecule has 1 aromatic carbocycles. The minimum atomic E-state index is -2.88. The van der Waals surface area contributed by atoms with Gasteiger partial charge in [0.05, 0.1) is 18.1 Å². The Kier molecular flexibility index (Phi) is 5.51. The lowest BCUT2D eigenvalue weighted by Gasteiger charge is -2.24. The first-order valence-electron chi connectivity index (χ1n) is 9.08. The molecule has 1 saturated heterocycles. The van der Waals surface area contributed by atoms with E-state index in [1.54, 1.807) is 0 Å². The Bertz CT molecular complexity index is 732. The van der Waals surface area contributed by atoms with Gasteiger partial charge in [0, 0.05) is 30.9 Å². The SMILES string of the molecule is CCNC(=NCCN1c2ccccc2CC1C)NC1CCS(=O)(=O)C1. The van der Waals surface area contributed by atoms with Crippen LogP contribution in [0.5, 0.6) is 0 Å². The molecule has 7 heteroatoms. The van der Waals surface area contributed by atoms with E-state index in [9.17, 15) is 8.42 Å². The van der Waals surface area contributed by atoms with Crippen LogP contribution in [0.2, 0.25) is 0 Å². The summed E-state index contributed by atoms with van der Waals surface area (Å²) < 4.78 is 23.2. The number of hydrogen-bond donors (Lipinski definition) is 2. The third kappa shape index (κ3) is 4.45. The van der Waals surface area contributed by atoms with E-state index in [1.807, 2.05) is 6.92 Å². The zero-order valence-electron chi connectivity index (χ0n) is 15.0. The lowest BCUT2D eigenvalue weighted by molar-refractivity contribution is 0.599. The van der Waals surface area contributed by atoms with Crippen LogP contribution in [0.15, 0.2) is 29.3 Å². The Balaban J connectivity index is 1.59. The van der Waals surface area contributed by atoms with Gasteiger partial charge in [0.1, 0.15) is 0 Å². The van der Waals surface area contributed by atoms with E-state index in [0.717, 1.165) is 19.5 Å². The topological polar surface area (TPSA) is 73.8 Å². The standard InChI is InChI=1S/C18H28N4O2S/c1-3-19-18(21-16-8-11-25(23,24)13-16)20-9-10-22-14(2)12-15-6-4-5-7-17(15)22/h4-7,14,16H,3,8-13H2,1-2H3,(H2,19,20,21). The number of nitrogens with one attached hydrogen (secondary N) is 2. The second kappa shape index (κ2) is 7.64. The summed E-state index contributed by atoms with van der Waals surface area (Å²) >= 11 is 0. The van der Waals surface area contributed by atoms with Gasteiger partial charge >= 0.3 is 0 Å². The first-order chi connectivity index (χ1) is 12.0. The molecule has 2 heterocycles. The Morgan fingerprint density at radius 3 is 2.88 bits per heavy atom. The molecule has 2 atom stereocenters.